The van der Waals surface area contributed by atoms with E-state index >= 15 is 0 Å². The van der Waals surface area contributed by atoms with E-state index in [2.05, 4.69) is 115 Å². The predicted octanol–water partition coefficient (Wildman–Crippen LogP) is 9.63. The van der Waals surface area contributed by atoms with Crippen LogP contribution in [0.1, 0.15) is 34.4 Å². The molecule has 0 saturated heterocycles. The zero-order chi connectivity index (χ0) is 27.1. The highest BCUT2D eigenvalue weighted by molar-refractivity contribution is 6.19. The van der Waals surface area contributed by atoms with Crippen molar-refractivity contribution >= 4 is 38.6 Å². The van der Waals surface area contributed by atoms with Gasteiger partial charge in [-0.1, -0.05) is 121 Å². The zero-order valence-corrected chi connectivity index (χ0v) is 22.4. The van der Waals surface area contributed by atoms with Crippen molar-refractivity contribution in [3.8, 4) is 22.3 Å². The maximum atomic E-state index is 13.4. The average Bonchev–Trinajstić information content (AvgIpc) is 3.54. The largest absolute Gasteiger partial charge is 0.456 e. The SMILES string of the molecule is OC1(c2c(-c3cccc4c5c(oc34)C=CCC5)c3ccccc3c3ccccc23)c2ccccc2-c2ccccc21. The molecule has 0 bridgehead atoms. The molecule has 1 N–H and O–H groups in total. The Hall–Kier alpha value is -4.92. The summed E-state index contributed by atoms with van der Waals surface area (Å²) in [5, 5.41) is 19.0. The normalized spacial score (nSPS) is 14.9. The van der Waals surface area contributed by atoms with Gasteiger partial charge in [0.05, 0.1) is 0 Å². The Kier molecular flexibility index (Phi) is 4.62. The number of furan rings is 1. The van der Waals surface area contributed by atoms with Gasteiger partial charge in [-0.25, -0.2) is 0 Å². The van der Waals surface area contributed by atoms with Gasteiger partial charge >= 0.3 is 0 Å². The van der Waals surface area contributed by atoms with Gasteiger partial charge in [0.2, 0.25) is 0 Å². The molecule has 2 heteroatoms. The van der Waals surface area contributed by atoms with E-state index in [1.165, 1.54) is 10.9 Å². The van der Waals surface area contributed by atoms with Gasteiger partial charge in [-0.2, -0.15) is 0 Å². The first-order valence-corrected chi connectivity index (χ1v) is 14.3. The molecule has 0 aliphatic heterocycles. The molecule has 2 aliphatic carbocycles. The lowest BCUT2D eigenvalue weighted by molar-refractivity contribution is 0.133. The second-order valence-electron chi connectivity index (χ2n) is 11.2. The van der Waals surface area contributed by atoms with Gasteiger partial charge in [-0.15, -0.1) is 0 Å². The van der Waals surface area contributed by atoms with Crippen molar-refractivity contribution in [2.45, 2.75) is 18.4 Å². The molecule has 2 nitrogen and oxygen atoms in total. The van der Waals surface area contributed by atoms with Crippen molar-refractivity contribution < 1.29 is 9.52 Å². The molecule has 0 spiro atoms. The van der Waals surface area contributed by atoms with E-state index in [9.17, 15) is 5.11 Å². The van der Waals surface area contributed by atoms with Crippen LogP contribution in [-0.2, 0) is 12.0 Å². The van der Waals surface area contributed by atoms with Crippen LogP contribution in [-0.4, -0.2) is 5.11 Å². The second-order valence-corrected chi connectivity index (χ2v) is 11.2. The molecule has 0 radical (unpaired) electrons. The average molecular weight is 527 g/mol. The fraction of sp³-hybridized carbons (Fsp3) is 0.0769. The first-order valence-electron chi connectivity index (χ1n) is 14.3. The molecule has 7 aromatic rings. The molecule has 9 rings (SSSR count). The third-order valence-electron chi connectivity index (χ3n) is 9.17. The first-order chi connectivity index (χ1) is 20.2. The van der Waals surface area contributed by atoms with E-state index in [1.807, 2.05) is 12.1 Å². The number of rotatable bonds is 2. The van der Waals surface area contributed by atoms with Crippen LogP contribution in [0, 0.1) is 0 Å². The maximum absolute atomic E-state index is 13.4. The Morgan fingerprint density at radius 2 is 1.12 bits per heavy atom. The molecule has 0 saturated carbocycles. The number of hydrogen-bond donors (Lipinski definition) is 1. The van der Waals surface area contributed by atoms with Crippen molar-refractivity contribution in [2.75, 3.05) is 0 Å². The highest BCUT2D eigenvalue weighted by atomic mass is 16.3. The van der Waals surface area contributed by atoms with Crippen molar-refractivity contribution in [3.63, 3.8) is 0 Å². The summed E-state index contributed by atoms with van der Waals surface area (Å²) in [7, 11) is 0. The van der Waals surface area contributed by atoms with Gasteiger partial charge in [0.15, 0.2) is 0 Å². The lowest BCUT2D eigenvalue weighted by Crippen LogP contribution is -2.27. The summed E-state index contributed by atoms with van der Waals surface area (Å²) in [4.78, 5) is 0. The number of hydrogen-bond acceptors (Lipinski definition) is 2. The lowest BCUT2D eigenvalue weighted by Gasteiger charge is -2.31. The summed E-state index contributed by atoms with van der Waals surface area (Å²) in [6.45, 7) is 0. The molecule has 1 aromatic heterocycles. The standard InChI is InChI=1S/C39H26O2/c40-39(33-21-8-5-14-26(33)27-15-6-9-22-34(27)39)37-30-18-4-2-13-25(30)24-12-1-3-17-29(24)36(37)32-20-11-19-31-28-16-7-10-23-35(28)41-38(31)32/h1-6,8-15,17-23,40H,7,16H2. The van der Waals surface area contributed by atoms with Gasteiger partial charge in [-0.3, -0.25) is 0 Å². The number of allylic oxidation sites excluding steroid dienone is 1. The Labute approximate surface area is 237 Å². The maximum Gasteiger partial charge on any atom is 0.142 e. The molecule has 194 valence electrons. The number of fused-ring (bicyclic) bond motifs is 9. The van der Waals surface area contributed by atoms with E-state index in [4.69, 9.17) is 4.42 Å². The van der Waals surface area contributed by atoms with E-state index in [0.717, 1.165) is 84.7 Å². The van der Waals surface area contributed by atoms with E-state index in [1.54, 1.807) is 0 Å². The molecule has 0 fully saturated rings. The number of para-hydroxylation sites is 1. The highest BCUT2D eigenvalue weighted by Crippen LogP contribution is 2.56. The molecular weight excluding hydrogens is 500 g/mol. The summed E-state index contributed by atoms with van der Waals surface area (Å²) < 4.78 is 6.66. The van der Waals surface area contributed by atoms with Crippen LogP contribution < -0.4 is 0 Å². The topological polar surface area (TPSA) is 33.4 Å². The summed E-state index contributed by atoms with van der Waals surface area (Å²) in [6, 6.07) is 40.2. The van der Waals surface area contributed by atoms with Crippen molar-refractivity contribution in [1.29, 1.82) is 0 Å². The van der Waals surface area contributed by atoms with E-state index in [0.29, 0.717) is 0 Å². The summed E-state index contributed by atoms with van der Waals surface area (Å²) in [6.07, 6.45) is 6.29. The van der Waals surface area contributed by atoms with Crippen molar-refractivity contribution in [3.05, 3.63) is 149 Å². The van der Waals surface area contributed by atoms with E-state index < -0.39 is 5.60 Å². The fourth-order valence-corrected chi connectivity index (χ4v) is 7.47. The van der Waals surface area contributed by atoms with Crippen LogP contribution in [0.3, 0.4) is 0 Å². The minimum absolute atomic E-state index is 0.883. The van der Waals surface area contributed by atoms with Gasteiger partial charge in [-0.05, 0) is 51.6 Å². The van der Waals surface area contributed by atoms with Crippen LogP contribution in [0.15, 0.2) is 126 Å². The van der Waals surface area contributed by atoms with Crippen molar-refractivity contribution in [2.24, 2.45) is 0 Å². The Bertz CT molecular complexity index is 2180. The Balaban J connectivity index is 1.52. The van der Waals surface area contributed by atoms with Crippen LogP contribution in [0.25, 0.3) is 60.8 Å². The molecule has 6 aromatic carbocycles. The molecule has 0 unspecified atom stereocenters. The predicted molar refractivity (Wildman–Crippen MR) is 168 cm³/mol. The molecule has 2 aliphatic rings. The monoisotopic (exact) mass is 526 g/mol. The minimum atomic E-state index is -1.36. The molecule has 0 atom stereocenters. The van der Waals surface area contributed by atoms with E-state index in [-0.39, 0.29) is 0 Å². The lowest BCUT2D eigenvalue weighted by atomic mass is 9.75. The second kappa shape index (κ2) is 8.30. The van der Waals surface area contributed by atoms with Gasteiger partial charge in [0.1, 0.15) is 16.9 Å². The molecular formula is C39H26O2. The van der Waals surface area contributed by atoms with Gasteiger partial charge in [0.25, 0.3) is 0 Å². The minimum Gasteiger partial charge on any atom is -0.456 e. The number of aryl methyl sites for hydroxylation is 1. The highest BCUT2D eigenvalue weighted by Gasteiger charge is 2.46. The third kappa shape index (κ3) is 2.95. The zero-order valence-electron chi connectivity index (χ0n) is 22.4. The smallest absolute Gasteiger partial charge is 0.142 e. The van der Waals surface area contributed by atoms with Crippen LogP contribution in [0.4, 0.5) is 0 Å². The van der Waals surface area contributed by atoms with Crippen LogP contribution in [0.5, 0.6) is 0 Å². The molecule has 1 heterocycles. The molecule has 0 amide bonds. The van der Waals surface area contributed by atoms with Gasteiger partial charge < -0.3 is 9.52 Å². The fourth-order valence-electron chi connectivity index (χ4n) is 7.47. The van der Waals surface area contributed by atoms with Crippen molar-refractivity contribution in [1.82, 2.24) is 0 Å². The Morgan fingerprint density at radius 3 is 1.85 bits per heavy atom. The number of benzene rings is 6. The summed E-state index contributed by atoms with van der Waals surface area (Å²) in [5.74, 6) is 0.945. The van der Waals surface area contributed by atoms with Crippen LogP contribution >= 0.6 is 0 Å². The first kappa shape index (κ1) is 22.9. The summed E-state index contributed by atoms with van der Waals surface area (Å²) >= 11 is 0. The van der Waals surface area contributed by atoms with Gasteiger partial charge in [0, 0.05) is 38.8 Å². The summed E-state index contributed by atoms with van der Waals surface area (Å²) in [5.41, 5.74) is 7.71. The van der Waals surface area contributed by atoms with Crippen LogP contribution in [0.2, 0.25) is 0 Å². The number of aliphatic hydroxyl groups is 1. The quantitative estimate of drug-likeness (QED) is 0.228. The Morgan fingerprint density at radius 1 is 0.561 bits per heavy atom. The molecule has 41 heavy (non-hydrogen) atoms. The third-order valence-corrected chi connectivity index (χ3v) is 9.17.